The zero-order valence-corrected chi connectivity index (χ0v) is 25.8. The molecule has 232 valence electrons. The average Bonchev–Trinajstić information content (AvgIpc) is 3.09. The maximum absolute atomic E-state index is 12.0. The Morgan fingerprint density at radius 1 is 0.533 bits per heavy atom. The molecule has 2 aliphatic carbocycles. The first-order valence-corrected chi connectivity index (χ1v) is 16.5. The van der Waals surface area contributed by atoms with Crippen molar-refractivity contribution in [2.24, 2.45) is 0 Å². The quantitative estimate of drug-likeness (QED) is 0.166. The van der Waals surface area contributed by atoms with Gasteiger partial charge in [-0.2, -0.15) is 0 Å². The van der Waals surface area contributed by atoms with Crippen LogP contribution in [0.1, 0.15) is 130 Å². The molecule has 0 aliphatic heterocycles. The number of carbonyl (C=O) groups is 2. The summed E-state index contributed by atoms with van der Waals surface area (Å²) in [5, 5.41) is 33.6. The molecule has 45 heavy (non-hydrogen) atoms. The highest BCUT2D eigenvalue weighted by Gasteiger charge is 2.24. The first-order chi connectivity index (χ1) is 21.9. The fourth-order valence-electron chi connectivity index (χ4n) is 7.59. The van der Waals surface area contributed by atoms with Crippen LogP contribution >= 0.6 is 0 Å². The molecule has 2 aliphatic rings. The fourth-order valence-corrected chi connectivity index (χ4v) is 7.59. The molecule has 0 unspecified atom stereocenters. The topological polar surface area (TPSA) is 94.8 Å². The molecule has 4 aromatic carbocycles. The highest BCUT2D eigenvalue weighted by atomic mass is 16.3. The Labute approximate surface area is 265 Å². The number of aldehydes is 2. The van der Waals surface area contributed by atoms with Crippen LogP contribution in [-0.2, 0) is 12.8 Å². The maximum Gasteiger partial charge on any atom is 0.153 e. The lowest BCUT2D eigenvalue weighted by atomic mass is 9.81. The van der Waals surface area contributed by atoms with Gasteiger partial charge in [0.25, 0.3) is 0 Å². The van der Waals surface area contributed by atoms with Crippen LogP contribution in [0, 0.1) is 0 Å². The van der Waals surface area contributed by atoms with Crippen molar-refractivity contribution in [3.05, 3.63) is 111 Å². The van der Waals surface area contributed by atoms with E-state index in [9.17, 15) is 24.9 Å². The number of hydrogen-bond donors (Lipinski definition) is 3. The highest BCUT2D eigenvalue weighted by molar-refractivity contribution is 5.81. The molecule has 5 nitrogen and oxygen atoms in total. The van der Waals surface area contributed by atoms with E-state index in [2.05, 4.69) is 0 Å². The summed E-state index contributed by atoms with van der Waals surface area (Å²) in [5.74, 6) is 0.773. The van der Waals surface area contributed by atoms with Gasteiger partial charge in [0.15, 0.2) is 12.6 Å². The molecule has 2 fully saturated rings. The van der Waals surface area contributed by atoms with Crippen molar-refractivity contribution in [2.45, 2.75) is 88.9 Å². The van der Waals surface area contributed by atoms with Gasteiger partial charge in [0.05, 0.1) is 11.1 Å². The van der Waals surface area contributed by atoms with Crippen molar-refractivity contribution < 1.29 is 24.9 Å². The molecule has 3 N–H and O–H groups in total. The number of rotatable bonds is 9. The summed E-state index contributed by atoms with van der Waals surface area (Å²) in [4.78, 5) is 24.0. The van der Waals surface area contributed by atoms with Crippen molar-refractivity contribution in [2.75, 3.05) is 0 Å². The van der Waals surface area contributed by atoms with Gasteiger partial charge < -0.3 is 15.3 Å². The van der Waals surface area contributed by atoms with Gasteiger partial charge in [-0.3, -0.25) is 9.59 Å². The Hall–Kier alpha value is -4.38. The molecule has 6 rings (SSSR count). The Balaban J connectivity index is 1.41. The number of carbonyl (C=O) groups excluding carboxylic acids is 2. The number of benzene rings is 4. The Bertz CT molecular complexity index is 1570. The second-order valence-corrected chi connectivity index (χ2v) is 13.0. The van der Waals surface area contributed by atoms with Crippen molar-refractivity contribution in [1.29, 1.82) is 0 Å². The molecule has 0 aromatic heterocycles. The van der Waals surface area contributed by atoms with E-state index in [0.717, 1.165) is 108 Å². The van der Waals surface area contributed by atoms with E-state index >= 15 is 0 Å². The number of aromatic hydroxyl groups is 3. The Morgan fingerprint density at radius 2 is 0.978 bits per heavy atom. The second kappa shape index (κ2) is 13.7. The second-order valence-electron chi connectivity index (χ2n) is 13.0. The average molecular weight is 603 g/mol. The molecule has 0 bridgehead atoms. The fraction of sp³-hybridized carbons (Fsp3) is 0.350. The van der Waals surface area contributed by atoms with Gasteiger partial charge in [0, 0.05) is 12.8 Å². The molecular weight excluding hydrogens is 560 g/mol. The summed E-state index contributed by atoms with van der Waals surface area (Å²) in [7, 11) is 0. The van der Waals surface area contributed by atoms with E-state index in [1.807, 2.05) is 54.6 Å². The van der Waals surface area contributed by atoms with Crippen molar-refractivity contribution >= 4 is 12.6 Å². The largest absolute Gasteiger partial charge is 0.507 e. The number of hydrogen-bond acceptors (Lipinski definition) is 5. The maximum atomic E-state index is 12.0. The van der Waals surface area contributed by atoms with E-state index in [0.29, 0.717) is 12.8 Å². The Morgan fingerprint density at radius 3 is 1.40 bits per heavy atom. The van der Waals surface area contributed by atoms with E-state index < -0.39 is 0 Å². The summed E-state index contributed by atoms with van der Waals surface area (Å²) >= 11 is 0. The van der Waals surface area contributed by atoms with Crippen LogP contribution in [0.3, 0.4) is 0 Å². The van der Waals surface area contributed by atoms with Gasteiger partial charge in [-0.25, -0.2) is 0 Å². The lowest BCUT2D eigenvalue weighted by Crippen LogP contribution is -2.07. The third kappa shape index (κ3) is 6.68. The van der Waals surface area contributed by atoms with Gasteiger partial charge in [0.1, 0.15) is 17.2 Å². The molecular formula is C40H42O5. The summed E-state index contributed by atoms with van der Waals surface area (Å²) in [6.45, 7) is 0. The SMILES string of the molecule is O=Cc1cc(Cc2cc(-c3ccccc3)cc(Cc3cc(C=O)c(O)c(C4CCCCC4)c3)c2O)cc(C2CCCCC2)c1O. The van der Waals surface area contributed by atoms with Crippen LogP contribution in [-0.4, -0.2) is 27.9 Å². The van der Waals surface area contributed by atoms with Gasteiger partial charge in [-0.05, 0) is 106 Å². The van der Waals surface area contributed by atoms with E-state index in [1.54, 1.807) is 12.1 Å². The highest BCUT2D eigenvalue weighted by Crippen LogP contribution is 2.42. The van der Waals surface area contributed by atoms with Gasteiger partial charge in [0.2, 0.25) is 0 Å². The zero-order chi connectivity index (χ0) is 31.3. The van der Waals surface area contributed by atoms with E-state index in [-0.39, 0.29) is 40.2 Å². The first-order valence-electron chi connectivity index (χ1n) is 16.5. The Kier molecular flexibility index (Phi) is 9.34. The molecule has 0 radical (unpaired) electrons. The molecule has 0 amide bonds. The molecule has 5 heteroatoms. The van der Waals surface area contributed by atoms with Crippen LogP contribution in [0.2, 0.25) is 0 Å². The van der Waals surface area contributed by atoms with Crippen molar-refractivity contribution in [1.82, 2.24) is 0 Å². The molecule has 4 aromatic rings. The molecule has 2 saturated carbocycles. The first kappa shape index (κ1) is 30.6. The summed E-state index contributed by atoms with van der Waals surface area (Å²) < 4.78 is 0. The van der Waals surface area contributed by atoms with Crippen LogP contribution in [0.15, 0.2) is 66.7 Å². The summed E-state index contributed by atoms with van der Waals surface area (Å²) in [5.41, 5.74) is 7.40. The molecule has 0 heterocycles. The van der Waals surface area contributed by atoms with Crippen LogP contribution in [0.25, 0.3) is 11.1 Å². The van der Waals surface area contributed by atoms with Crippen LogP contribution < -0.4 is 0 Å². The monoisotopic (exact) mass is 602 g/mol. The number of phenols is 3. The normalized spacial score (nSPS) is 16.0. The number of phenolic OH excluding ortho intramolecular Hbond substituents is 3. The van der Waals surface area contributed by atoms with Gasteiger partial charge in [-0.15, -0.1) is 0 Å². The standard InChI is InChI=1S/C40H42O5/c41-24-34-18-26(20-36(39(34)44)29-12-6-2-7-13-29)16-32-22-31(28-10-4-1-5-11-28)23-33(38(32)43)17-27-19-35(25-42)40(45)37(21-27)30-14-8-3-9-15-30/h1,4-5,10-11,18-25,29-30,43-45H,2-3,6-9,12-17H2. The van der Waals surface area contributed by atoms with Crippen molar-refractivity contribution in [3.63, 3.8) is 0 Å². The predicted molar refractivity (Wildman–Crippen MR) is 178 cm³/mol. The van der Waals surface area contributed by atoms with Crippen molar-refractivity contribution in [3.8, 4) is 28.4 Å². The minimum Gasteiger partial charge on any atom is -0.507 e. The third-order valence-electron chi connectivity index (χ3n) is 9.97. The van der Waals surface area contributed by atoms with Gasteiger partial charge >= 0.3 is 0 Å². The smallest absolute Gasteiger partial charge is 0.153 e. The van der Waals surface area contributed by atoms with Crippen LogP contribution in [0.5, 0.6) is 17.2 Å². The third-order valence-corrected chi connectivity index (χ3v) is 9.97. The minimum absolute atomic E-state index is 0.0793. The molecule has 0 spiro atoms. The summed E-state index contributed by atoms with van der Waals surface area (Å²) in [6.07, 6.45) is 13.0. The lowest BCUT2D eigenvalue weighted by Gasteiger charge is -2.24. The molecule has 0 atom stereocenters. The van der Waals surface area contributed by atoms with Crippen LogP contribution in [0.4, 0.5) is 0 Å². The summed E-state index contributed by atoms with van der Waals surface area (Å²) in [6, 6.07) is 21.5. The van der Waals surface area contributed by atoms with Gasteiger partial charge in [-0.1, -0.05) is 81.0 Å². The minimum atomic E-state index is 0.0793. The lowest BCUT2D eigenvalue weighted by molar-refractivity contribution is 0.111. The zero-order valence-electron chi connectivity index (χ0n) is 25.8. The van der Waals surface area contributed by atoms with E-state index in [1.165, 1.54) is 12.8 Å². The predicted octanol–water partition coefficient (Wildman–Crippen LogP) is 9.37. The van der Waals surface area contributed by atoms with E-state index in [4.69, 9.17) is 0 Å². The molecule has 0 saturated heterocycles.